The van der Waals surface area contributed by atoms with Crippen LogP contribution in [0.2, 0.25) is 0 Å². The van der Waals surface area contributed by atoms with Gasteiger partial charge in [0.1, 0.15) is 0 Å². The highest BCUT2D eigenvalue weighted by atomic mass is 32.2. The van der Waals surface area contributed by atoms with E-state index in [4.69, 9.17) is 5.11 Å². The van der Waals surface area contributed by atoms with E-state index in [1.54, 1.807) is 17.8 Å². The number of hydrogen-bond acceptors (Lipinski definition) is 3. The third kappa shape index (κ3) is 1.85. The van der Waals surface area contributed by atoms with E-state index in [-0.39, 0.29) is 17.6 Å². The summed E-state index contributed by atoms with van der Waals surface area (Å²) in [5.41, 5.74) is 0. The molecule has 0 bridgehead atoms. The van der Waals surface area contributed by atoms with Crippen LogP contribution in [0.5, 0.6) is 0 Å². The lowest BCUT2D eigenvalue weighted by atomic mass is 10.2. The molecule has 1 heterocycles. The first kappa shape index (κ1) is 7.82. The number of ketones is 1. The molecule has 56 valence electrons. The Balaban J connectivity index is 2.24. The molecule has 1 N–H and O–H groups in total. The number of rotatable bonds is 3. The van der Waals surface area contributed by atoms with E-state index in [0.717, 1.165) is 12.8 Å². The summed E-state index contributed by atoms with van der Waals surface area (Å²) in [6.45, 7) is 0.185. The predicted molar refractivity (Wildman–Crippen MR) is 41.8 cm³/mol. The third-order valence-corrected chi connectivity index (χ3v) is 2.51. The van der Waals surface area contributed by atoms with Crippen LogP contribution in [0.25, 0.3) is 0 Å². The molecule has 2 nitrogen and oxygen atoms in total. The van der Waals surface area contributed by atoms with Crippen molar-refractivity contribution < 1.29 is 9.90 Å². The molecular weight excluding hydrogens is 148 g/mol. The van der Waals surface area contributed by atoms with E-state index in [0.29, 0.717) is 0 Å². The fraction of sp³-hybridized carbons (Fsp3) is 0.571. The van der Waals surface area contributed by atoms with Gasteiger partial charge in [0, 0.05) is 6.61 Å². The van der Waals surface area contributed by atoms with Gasteiger partial charge in [0.2, 0.25) is 0 Å². The maximum Gasteiger partial charge on any atom is 0.169 e. The summed E-state index contributed by atoms with van der Waals surface area (Å²) >= 11 is 1.55. The van der Waals surface area contributed by atoms with Gasteiger partial charge in [-0.2, -0.15) is 0 Å². The van der Waals surface area contributed by atoms with Crippen LogP contribution in [0.1, 0.15) is 12.8 Å². The summed E-state index contributed by atoms with van der Waals surface area (Å²) < 4.78 is 0. The summed E-state index contributed by atoms with van der Waals surface area (Å²) in [4.78, 5) is 10.9. The van der Waals surface area contributed by atoms with E-state index < -0.39 is 0 Å². The standard InChI is InChI=1S/C7H10O2S/c8-4-1-2-7-6(9)3-5-10-7/h3,5,7-8H,1-2,4H2. The average molecular weight is 158 g/mol. The zero-order valence-electron chi connectivity index (χ0n) is 5.62. The molecule has 1 aliphatic heterocycles. The Morgan fingerprint density at radius 1 is 1.70 bits per heavy atom. The van der Waals surface area contributed by atoms with Crippen molar-refractivity contribution in [1.29, 1.82) is 0 Å². The molecule has 1 unspecified atom stereocenters. The highest BCUT2D eigenvalue weighted by molar-refractivity contribution is 8.03. The minimum atomic E-state index is 0.0900. The van der Waals surface area contributed by atoms with Gasteiger partial charge in [-0.05, 0) is 24.3 Å². The Kier molecular flexibility index (Phi) is 2.96. The topological polar surface area (TPSA) is 37.3 Å². The lowest BCUT2D eigenvalue weighted by Gasteiger charge is -2.03. The lowest BCUT2D eigenvalue weighted by molar-refractivity contribution is -0.114. The van der Waals surface area contributed by atoms with Crippen LogP contribution >= 0.6 is 11.8 Å². The van der Waals surface area contributed by atoms with Crippen LogP contribution in [0.3, 0.4) is 0 Å². The Morgan fingerprint density at radius 2 is 2.50 bits per heavy atom. The average Bonchev–Trinajstić information content (AvgIpc) is 2.31. The molecule has 1 aliphatic rings. The van der Waals surface area contributed by atoms with Crippen molar-refractivity contribution in [2.75, 3.05) is 6.61 Å². The van der Waals surface area contributed by atoms with Gasteiger partial charge in [-0.3, -0.25) is 4.79 Å². The predicted octanol–water partition coefficient (Wildman–Crippen LogP) is 0.957. The molecule has 0 aromatic heterocycles. The zero-order chi connectivity index (χ0) is 7.40. The van der Waals surface area contributed by atoms with E-state index in [9.17, 15) is 4.79 Å². The SMILES string of the molecule is O=C1C=CSC1CCCO. The zero-order valence-corrected chi connectivity index (χ0v) is 6.43. The third-order valence-electron chi connectivity index (χ3n) is 1.42. The second-order valence-corrected chi connectivity index (χ2v) is 3.31. The molecule has 1 atom stereocenters. The van der Waals surface area contributed by atoms with Crippen molar-refractivity contribution >= 4 is 17.5 Å². The second-order valence-electron chi connectivity index (χ2n) is 2.20. The minimum Gasteiger partial charge on any atom is -0.396 e. The number of allylic oxidation sites excluding steroid dienone is 1. The largest absolute Gasteiger partial charge is 0.396 e. The Hall–Kier alpha value is -0.280. The monoisotopic (exact) mass is 158 g/mol. The van der Waals surface area contributed by atoms with Gasteiger partial charge in [0.25, 0.3) is 0 Å². The van der Waals surface area contributed by atoms with Crippen LogP contribution in [0.15, 0.2) is 11.5 Å². The first-order valence-corrected chi connectivity index (χ1v) is 4.25. The summed E-state index contributed by atoms with van der Waals surface area (Å²) in [5, 5.41) is 10.4. The van der Waals surface area contributed by atoms with Crippen molar-refractivity contribution in [3.8, 4) is 0 Å². The molecular formula is C7H10O2S. The van der Waals surface area contributed by atoms with Gasteiger partial charge < -0.3 is 5.11 Å². The molecule has 0 radical (unpaired) electrons. The number of hydrogen-bond donors (Lipinski definition) is 1. The number of carbonyl (C=O) groups excluding carboxylic acids is 1. The van der Waals surface area contributed by atoms with Crippen molar-refractivity contribution in [3.05, 3.63) is 11.5 Å². The molecule has 0 aliphatic carbocycles. The molecule has 0 saturated carbocycles. The summed E-state index contributed by atoms with van der Waals surface area (Å²) in [6.07, 6.45) is 3.13. The van der Waals surface area contributed by atoms with Crippen LogP contribution < -0.4 is 0 Å². The molecule has 0 aromatic rings. The maximum atomic E-state index is 10.9. The molecule has 10 heavy (non-hydrogen) atoms. The quantitative estimate of drug-likeness (QED) is 0.664. The molecule has 3 heteroatoms. The minimum absolute atomic E-state index is 0.0900. The number of carbonyl (C=O) groups is 1. The van der Waals surface area contributed by atoms with Gasteiger partial charge >= 0.3 is 0 Å². The van der Waals surface area contributed by atoms with E-state index in [1.807, 2.05) is 5.41 Å². The molecule has 0 spiro atoms. The highest BCUT2D eigenvalue weighted by Gasteiger charge is 2.18. The Bertz CT molecular complexity index is 154. The van der Waals surface area contributed by atoms with Crippen molar-refractivity contribution in [3.63, 3.8) is 0 Å². The molecule has 0 aromatic carbocycles. The fourth-order valence-corrected chi connectivity index (χ4v) is 1.78. The van der Waals surface area contributed by atoms with Crippen LogP contribution in [0.4, 0.5) is 0 Å². The molecule has 0 saturated heterocycles. The maximum absolute atomic E-state index is 10.9. The van der Waals surface area contributed by atoms with Crippen molar-refractivity contribution in [1.82, 2.24) is 0 Å². The van der Waals surface area contributed by atoms with E-state index in [2.05, 4.69) is 0 Å². The van der Waals surface area contributed by atoms with Gasteiger partial charge in [-0.15, -0.1) is 11.8 Å². The van der Waals surface area contributed by atoms with Gasteiger partial charge in [0.15, 0.2) is 5.78 Å². The number of aliphatic hydroxyl groups is 1. The first-order valence-electron chi connectivity index (χ1n) is 3.31. The van der Waals surface area contributed by atoms with Gasteiger partial charge in [-0.1, -0.05) is 0 Å². The molecule has 0 fully saturated rings. The van der Waals surface area contributed by atoms with E-state index >= 15 is 0 Å². The van der Waals surface area contributed by atoms with Crippen LogP contribution in [0, 0.1) is 0 Å². The van der Waals surface area contributed by atoms with Crippen molar-refractivity contribution in [2.45, 2.75) is 18.1 Å². The summed E-state index contributed by atoms with van der Waals surface area (Å²) in [6, 6.07) is 0. The molecule has 0 amide bonds. The smallest absolute Gasteiger partial charge is 0.169 e. The van der Waals surface area contributed by atoms with Gasteiger partial charge in [0.05, 0.1) is 5.25 Å². The van der Waals surface area contributed by atoms with Gasteiger partial charge in [-0.25, -0.2) is 0 Å². The van der Waals surface area contributed by atoms with Crippen molar-refractivity contribution in [2.24, 2.45) is 0 Å². The molecule has 1 rings (SSSR count). The normalized spacial score (nSPS) is 24.1. The second kappa shape index (κ2) is 3.78. The summed E-state index contributed by atoms with van der Waals surface area (Å²) in [5.74, 6) is 0.193. The van der Waals surface area contributed by atoms with E-state index in [1.165, 1.54) is 0 Å². The highest BCUT2D eigenvalue weighted by Crippen LogP contribution is 2.24. The Morgan fingerprint density at radius 3 is 3.00 bits per heavy atom. The number of aliphatic hydroxyl groups excluding tert-OH is 1. The summed E-state index contributed by atoms with van der Waals surface area (Å²) in [7, 11) is 0. The number of thioether (sulfide) groups is 1. The first-order chi connectivity index (χ1) is 4.84. The lowest BCUT2D eigenvalue weighted by Crippen LogP contribution is -2.10. The fourth-order valence-electron chi connectivity index (χ4n) is 0.863. The Labute approximate surface area is 64.3 Å². The van der Waals surface area contributed by atoms with Crippen LogP contribution in [-0.4, -0.2) is 22.7 Å². The van der Waals surface area contributed by atoms with Crippen LogP contribution in [-0.2, 0) is 4.79 Å².